The Morgan fingerprint density at radius 3 is 1.62 bits per heavy atom. The molecule has 0 fully saturated rings. The van der Waals surface area contributed by atoms with Crippen molar-refractivity contribution in [2.75, 3.05) is 0 Å². The Balaban J connectivity index is 0.000000222. The molecule has 0 saturated carbocycles. The third-order valence-electron chi connectivity index (χ3n) is 1.18. The first-order valence-electron chi connectivity index (χ1n) is 4.39. The third-order valence-corrected chi connectivity index (χ3v) is 1.18. The van der Waals surface area contributed by atoms with Crippen LogP contribution in [0.5, 0.6) is 5.75 Å². The highest BCUT2D eigenvalue weighted by molar-refractivity contribution is 5.69. The number of hydrogen-bond acceptors (Lipinski definition) is 3. The van der Waals surface area contributed by atoms with Crippen LogP contribution in [0.2, 0.25) is 0 Å². The molecule has 0 aliphatic heterocycles. The van der Waals surface area contributed by atoms with Crippen LogP contribution in [0.1, 0.15) is 0 Å². The zero-order valence-electron chi connectivity index (χ0n) is 8.61. The SMILES string of the molecule is NC(N)=O.Oc1ccccc1.c1ccoc1. The van der Waals surface area contributed by atoms with Gasteiger partial charge in [0.1, 0.15) is 5.75 Å². The average molecular weight is 222 g/mol. The lowest BCUT2D eigenvalue weighted by Gasteiger charge is -1.82. The van der Waals surface area contributed by atoms with Crippen LogP contribution in [0, 0.1) is 0 Å². The van der Waals surface area contributed by atoms with Gasteiger partial charge in [-0.05, 0) is 24.3 Å². The van der Waals surface area contributed by atoms with Crippen LogP contribution in [-0.4, -0.2) is 11.1 Å². The third kappa shape index (κ3) is 11.6. The lowest BCUT2D eigenvalue weighted by Crippen LogP contribution is -2.18. The highest BCUT2D eigenvalue weighted by atomic mass is 16.3. The Kier molecular flexibility index (Phi) is 7.75. The second-order valence-corrected chi connectivity index (χ2v) is 2.53. The molecular formula is C11H14N2O3. The van der Waals surface area contributed by atoms with Gasteiger partial charge in [-0.25, -0.2) is 4.79 Å². The van der Waals surface area contributed by atoms with Crippen molar-refractivity contribution < 1.29 is 14.3 Å². The average Bonchev–Trinajstić information content (AvgIpc) is 2.75. The standard InChI is InChI=1S/C6H6O.C4H4O.CH4N2O/c7-6-4-2-1-3-5-6;1-2-4-5-3-1;2-1(3)4/h1-5,7H;1-4H;(H4,2,3,4). The number of phenolic OH excluding ortho intramolecular Hbond substituents is 1. The molecule has 1 aromatic heterocycles. The number of para-hydroxylation sites is 1. The van der Waals surface area contributed by atoms with E-state index >= 15 is 0 Å². The normalized spacial score (nSPS) is 7.75. The molecule has 16 heavy (non-hydrogen) atoms. The molecule has 5 heteroatoms. The van der Waals surface area contributed by atoms with E-state index < -0.39 is 6.03 Å². The molecule has 0 aliphatic carbocycles. The quantitative estimate of drug-likeness (QED) is 0.632. The predicted octanol–water partition coefficient (Wildman–Crippen LogP) is 1.70. The molecule has 2 amide bonds. The van der Waals surface area contributed by atoms with Crippen molar-refractivity contribution in [1.82, 2.24) is 0 Å². The lowest BCUT2D eigenvalue weighted by atomic mass is 10.3. The summed E-state index contributed by atoms with van der Waals surface area (Å²) in [7, 11) is 0. The minimum Gasteiger partial charge on any atom is -0.508 e. The van der Waals surface area contributed by atoms with E-state index in [2.05, 4.69) is 15.9 Å². The van der Waals surface area contributed by atoms with Crippen LogP contribution in [-0.2, 0) is 0 Å². The lowest BCUT2D eigenvalue weighted by molar-refractivity contribution is 0.256. The van der Waals surface area contributed by atoms with E-state index in [4.69, 9.17) is 9.90 Å². The number of primary amides is 2. The summed E-state index contributed by atoms with van der Waals surface area (Å²) in [5.41, 5.74) is 8.50. The van der Waals surface area contributed by atoms with Crippen molar-refractivity contribution in [3.63, 3.8) is 0 Å². The monoisotopic (exact) mass is 222 g/mol. The summed E-state index contributed by atoms with van der Waals surface area (Å²) in [4.78, 5) is 9.00. The van der Waals surface area contributed by atoms with Crippen molar-refractivity contribution in [3.05, 3.63) is 55.0 Å². The van der Waals surface area contributed by atoms with Gasteiger partial charge in [0.05, 0.1) is 12.5 Å². The number of aromatic hydroxyl groups is 1. The summed E-state index contributed by atoms with van der Waals surface area (Å²) in [6.07, 6.45) is 3.25. The minimum absolute atomic E-state index is 0.322. The molecule has 5 N–H and O–H groups in total. The summed E-state index contributed by atoms with van der Waals surface area (Å²) < 4.78 is 4.58. The topological polar surface area (TPSA) is 102 Å². The highest BCUT2D eigenvalue weighted by Crippen LogP contribution is 2.02. The molecule has 86 valence electrons. The number of urea groups is 1. The number of phenols is 1. The van der Waals surface area contributed by atoms with E-state index in [1.807, 2.05) is 18.2 Å². The first-order chi connectivity index (χ1) is 7.63. The predicted molar refractivity (Wildman–Crippen MR) is 60.6 cm³/mol. The van der Waals surface area contributed by atoms with E-state index in [1.54, 1.807) is 36.8 Å². The molecule has 0 bridgehead atoms. The van der Waals surface area contributed by atoms with Crippen LogP contribution < -0.4 is 11.5 Å². The van der Waals surface area contributed by atoms with Crippen LogP contribution in [0.4, 0.5) is 4.79 Å². The van der Waals surface area contributed by atoms with Gasteiger partial charge in [0.2, 0.25) is 0 Å². The Bertz CT molecular complexity index is 339. The number of carbonyl (C=O) groups is 1. The first-order valence-corrected chi connectivity index (χ1v) is 4.39. The van der Waals surface area contributed by atoms with Crippen molar-refractivity contribution in [3.8, 4) is 5.75 Å². The Hall–Kier alpha value is -2.43. The molecule has 1 aromatic carbocycles. The number of hydrogen-bond donors (Lipinski definition) is 3. The van der Waals surface area contributed by atoms with Gasteiger partial charge in [0.25, 0.3) is 0 Å². The van der Waals surface area contributed by atoms with E-state index in [9.17, 15) is 0 Å². The Morgan fingerprint density at radius 1 is 1.00 bits per heavy atom. The van der Waals surface area contributed by atoms with Gasteiger partial charge < -0.3 is 21.0 Å². The summed E-state index contributed by atoms with van der Waals surface area (Å²) >= 11 is 0. The van der Waals surface area contributed by atoms with Gasteiger partial charge in [-0.2, -0.15) is 0 Å². The molecular weight excluding hydrogens is 208 g/mol. The molecule has 0 radical (unpaired) electrons. The van der Waals surface area contributed by atoms with Gasteiger partial charge in [-0.3, -0.25) is 0 Å². The molecule has 0 aliphatic rings. The fraction of sp³-hybridized carbons (Fsp3) is 0. The second kappa shape index (κ2) is 9.14. The first kappa shape index (κ1) is 13.6. The summed E-state index contributed by atoms with van der Waals surface area (Å²) in [6.45, 7) is 0. The molecule has 1 heterocycles. The molecule has 5 nitrogen and oxygen atoms in total. The molecule has 0 unspecified atom stereocenters. The van der Waals surface area contributed by atoms with Gasteiger partial charge in [0, 0.05) is 0 Å². The Morgan fingerprint density at radius 2 is 1.44 bits per heavy atom. The largest absolute Gasteiger partial charge is 0.508 e. The number of rotatable bonds is 0. The smallest absolute Gasteiger partial charge is 0.309 e. The maximum absolute atomic E-state index is 9.00. The molecule has 0 atom stereocenters. The number of nitrogens with two attached hydrogens (primary N) is 2. The number of furan rings is 1. The van der Waals surface area contributed by atoms with Crippen LogP contribution in [0.15, 0.2) is 59.4 Å². The van der Waals surface area contributed by atoms with Crippen molar-refractivity contribution in [1.29, 1.82) is 0 Å². The summed E-state index contributed by atoms with van der Waals surface area (Å²) in [6, 6.07) is 11.5. The maximum atomic E-state index is 9.00. The van der Waals surface area contributed by atoms with Crippen molar-refractivity contribution in [2.45, 2.75) is 0 Å². The minimum atomic E-state index is -0.833. The fourth-order valence-corrected chi connectivity index (χ4v) is 0.655. The molecule has 0 spiro atoms. The number of amides is 2. The number of benzene rings is 1. The van der Waals surface area contributed by atoms with E-state index in [0.717, 1.165) is 0 Å². The zero-order chi connectivity index (χ0) is 12.2. The molecule has 0 saturated heterocycles. The van der Waals surface area contributed by atoms with Crippen molar-refractivity contribution in [2.24, 2.45) is 11.5 Å². The fourth-order valence-electron chi connectivity index (χ4n) is 0.655. The Labute approximate surface area is 93.3 Å². The van der Waals surface area contributed by atoms with Crippen LogP contribution in [0.25, 0.3) is 0 Å². The van der Waals surface area contributed by atoms with Gasteiger partial charge >= 0.3 is 6.03 Å². The zero-order valence-corrected chi connectivity index (χ0v) is 8.61. The maximum Gasteiger partial charge on any atom is 0.309 e. The highest BCUT2D eigenvalue weighted by Gasteiger charge is 1.74. The van der Waals surface area contributed by atoms with Crippen LogP contribution >= 0.6 is 0 Å². The number of carbonyl (C=O) groups excluding carboxylic acids is 1. The van der Waals surface area contributed by atoms with E-state index in [1.165, 1.54) is 0 Å². The van der Waals surface area contributed by atoms with Gasteiger partial charge in [-0.15, -0.1) is 0 Å². The second-order valence-electron chi connectivity index (χ2n) is 2.53. The van der Waals surface area contributed by atoms with Crippen molar-refractivity contribution >= 4 is 6.03 Å². The van der Waals surface area contributed by atoms with E-state index in [-0.39, 0.29) is 0 Å². The summed E-state index contributed by atoms with van der Waals surface area (Å²) in [5, 5.41) is 8.63. The summed E-state index contributed by atoms with van der Waals surface area (Å²) in [5.74, 6) is 0.322. The van der Waals surface area contributed by atoms with Crippen LogP contribution in [0.3, 0.4) is 0 Å². The van der Waals surface area contributed by atoms with Gasteiger partial charge in [-0.1, -0.05) is 18.2 Å². The van der Waals surface area contributed by atoms with E-state index in [0.29, 0.717) is 5.75 Å². The molecule has 2 aromatic rings. The molecule has 2 rings (SSSR count). The van der Waals surface area contributed by atoms with Gasteiger partial charge in [0.15, 0.2) is 0 Å².